The quantitative estimate of drug-likeness (QED) is 0.604. The number of nitrogens with zero attached hydrogens (tertiary/aromatic N) is 1. The first-order valence-electron chi connectivity index (χ1n) is 6.76. The lowest BCUT2D eigenvalue weighted by molar-refractivity contribution is 0.0168. The van der Waals surface area contributed by atoms with Crippen LogP contribution in [0.2, 0.25) is 0 Å². The largest absolute Gasteiger partial charge is 0.379 e. The Morgan fingerprint density at radius 2 is 1.62 bits per heavy atom. The number of morpholine rings is 1. The second-order valence-electron chi connectivity index (χ2n) is 5.46. The molecule has 0 amide bonds. The van der Waals surface area contributed by atoms with Crippen molar-refractivity contribution in [2.45, 2.75) is 38.5 Å². The maximum Gasteiger partial charge on any atom is 0.0594 e. The third kappa shape index (κ3) is 3.38. The minimum atomic E-state index is 0.497. The Balaban J connectivity index is 1.90. The first-order valence-corrected chi connectivity index (χ1v) is 7.39. The molecule has 0 radical (unpaired) electrons. The number of hydrogen-bond acceptors (Lipinski definition) is 3. The van der Waals surface area contributed by atoms with Gasteiger partial charge < -0.3 is 4.74 Å². The van der Waals surface area contributed by atoms with Gasteiger partial charge in [0.2, 0.25) is 0 Å². The molecule has 0 N–H and O–H groups in total. The third-order valence-electron chi connectivity index (χ3n) is 4.16. The molecule has 1 saturated heterocycles. The summed E-state index contributed by atoms with van der Waals surface area (Å²) < 4.78 is 5.42. The lowest BCUT2D eigenvalue weighted by Gasteiger charge is -2.38. The molecule has 0 aromatic carbocycles. The van der Waals surface area contributed by atoms with Gasteiger partial charge in [-0.15, -0.1) is 0 Å². The smallest absolute Gasteiger partial charge is 0.0594 e. The van der Waals surface area contributed by atoms with E-state index in [0.29, 0.717) is 5.41 Å². The van der Waals surface area contributed by atoms with Crippen molar-refractivity contribution in [3.8, 4) is 0 Å². The van der Waals surface area contributed by atoms with Crippen LogP contribution in [0.4, 0.5) is 0 Å². The highest BCUT2D eigenvalue weighted by atomic mass is 32.1. The van der Waals surface area contributed by atoms with Gasteiger partial charge in [0.05, 0.1) is 13.2 Å². The molecule has 0 atom stereocenters. The van der Waals surface area contributed by atoms with Crippen LogP contribution in [0.15, 0.2) is 0 Å². The second-order valence-corrected chi connectivity index (χ2v) is 5.78. The SMILES string of the molecule is SCC1(CN2CCOCC2)CCCCCC1. The maximum absolute atomic E-state index is 5.42. The van der Waals surface area contributed by atoms with Crippen molar-refractivity contribution in [2.24, 2.45) is 5.41 Å². The van der Waals surface area contributed by atoms with Gasteiger partial charge in [-0.05, 0) is 24.0 Å². The van der Waals surface area contributed by atoms with Gasteiger partial charge in [0.15, 0.2) is 0 Å². The van der Waals surface area contributed by atoms with Crippen LogP contribution in [0.5, 0.6) is 0 Å². The topological polar surface area (TPSA) is 12.5 Å². The number of rotatable bonds is 3. The molecule has 1 aliphatic carbocycles. The monoisotopic (exact) mass is 243 g/mol. The summed E-state index contributed by atoms with van der Waals surface area (Å²) in [7, 11) is 0. The second kappa shape index (κ2) is 6.27. The summed E-state index contributed by atoms with van der Waals surface area (Å²) in [5, 5.41) is 0. The van der Waals surface area contributed by atoms with Gasteiger partial charge in [0.25, 0.3) is 0 Å². The molecule has 1 saturated carbocycles. The predicted molar refractivity (Wildman–Crippen MR) is 71.2 cm³/mol. The fourth-order valence-corrected chi connectivity index (χ4v) is 3.49. The van der Waals surface area contributed by atoms with Crippen molar-refractivity contribution in [1.82, 2.24) is 4.90 Å². The Hall–Kier alpha value is 0.270. The Bertz CT molecular complexity index is 196. The summed E-state index contributed by atoms with van der Waals surface area (Å²) in [5.74, 6) is 1.06. The van der Waals surface area contributed by atoms with E-state index in [1.807, 2.05) is 0 Å². The summed E-state index contributed by atoms with van der Waals surface area (Å²) in [6.07, 6.45) is 8.44. The van der Waals surface area contributed by atoms with E-state index in [1.54, 1.807) is 0 Å². The molecular formula is C13H25NOS. The van der Waals surface area contributed by atoms with E-state index in [9.17, 15) is 0 Å². The van der Waals surface area contributed by atoms with Crippen LogP contribution in [0.3, 0.4) is 0 Å². The van der Waals surface area contributed by atoms with Gasteiger partial charge >= 0.3 is 0 Å². The van der Waals surface area contributed by atoms with E-state index in [1.165, 1.54) is 45.1 Å². The van der Waals surface area contributed by atoms with E-state index in [0.717, 1.165) is 32.1 Å². The van der Waals surface area contributed by atoms with Crippen molar-refractivity contribution in [1.29, 1.82) is 0 Å². The predicted octanol–water partition coefficient (Wildman–Crippen LogP) is 2.59. The van der Waals surface area contributed by atoms with Gasteiger partial charge in [0, 0.05) is 19.6 Å². The average Bonchev–Trinajstić information content (AvgIpc) is 2.57. The molecule has 0 unspecified atom stereocenters. The molecule has 0 aromatic heterocycles. The van der Waals surface area contributed by atoms with Crippen molar-refractivity contribution >= 4 is 12.6 Å². The Morgan fingerprint density at radius 1 is 1.00 bits per heavy atom. The molecule has 2 aliphatic rings. The Labute approximate surface area is 105 Å². The summed E-state index contributed by atoms with van der Waals surface area (Å²) in [6, 6.07) is 0. The zero-order valence-electron chi connectivity index (χ0n) is 10.3. The molecule has 2 rings (SSSR count). The molecule has 2 fully saturated rings. The minimum Gasteiger partial charge on any atom is -0.379 e. The summed E-state index contributed by atoms with van der Waals surface area (Å²) >= 11 is 4.64. The highest BCUT2D eigenvalue weighted by Crippen LogP contribution is 2.36. The summed E-state index contributed by atoms with van der Waals surface area (Å²) in [4.78, 5) is 2.59. The first kappa shape index (κ1) is 12.7. The van der Waals surface area contributed by atoms with Gasteiger partial charge in [-0.3, -0.25) is 4.90 Å². The van der Waals surface area contributed by atoms with Crippen molar-refractivity contribution in [3.63, 3.8) is 0 Å². The van der Waals surface area contributed by atoms with Gasteiger partial charge in [0.1, 0.15) is 0 Å². The van der Waals surface area contributed by atoms with E-state index < -0.39 is 0 Å². The van der Waals surface area contributed by atoms with Crippen LogP contribution in [0.1, 0.15) is 38.5 Å². The summed E-state index contributed by atoms with van der Waals surface area (Å²) in [5.41, 5.74) is 0.497. The van der Waals surface area contributed by atoms with Crippen molar-refractivity contribution < 1.29 is 4.74 Å². The highest BCUT2D eigenvalue weighted by Gasteiger charge is 2.31. The fraction of sp³-hybridized carbons (Fsp3) is 1.00. The van der Waals surface area contributed by atoms with Gasteiger partial charge in [-0.25, -0.2) is 0 Å². The zero-order chi connectivity index (χ0) is 11.3. The minimum absolute atomic E-state index is 0.497. The first-order chi connectivity index (χ1) is 7.85. The Kier molecular flexibility index (Phi) is 4.98. The molecular weight excluding hydrogens is 218 g/mol. The van der Waals surface area contributed by atoms with Crippen LogP contribution in [0.25, 0.3) is 0 Å². The number of hydrogen-bond donors (Lipinski definition) is 1. The van der Waals surface area contributed by atoms with Crippen LogP contribution < -0.4 is 0 Å². The molecule has 16 heavy (non-hydrogen) atoms. The Morgan fingerprint density at radius 3 is 2.19 bits per heavy atom. The van der Waals surface area contributed by atoms with E-state index in [2.05, 4.69) is 17.5 Å². The molecule has 0 aromatic rings. The molecule has 3 heteroatoms. The molecule has 1 heterocycles. The number of ether oxygens (including phenoxy) is 1. The van der Waals surface area contributed by atoms with Gasteiger partial charge in [-0.1, -0.05) is 25.7 Å². The molecule has 94 valence electrons. The van der Waals surface area contributed by atoms with Crippen LogP contribution in [-0.4, -0.2) is 43.5 Å². The van der Waals surface area contributed by atoms with Gasteiger partial charge in [-0.2, -0.15) is 12.6 Å². The number of thiol groups is 1. The molecule has 1 aliphatic heterocycles. The average molecular weight is 243 g/mol. The van der Waals surface area contributed by atoms with Crippen molar-refractivity contribution in [3.05, 3.63) is 0 Å². The zero-order valence-corrected chi connectivity index (χ0v) is 11.2. The lowest BCUT2D eigenvalue weighted by atomic mass is 9.81. The van der Waals surface area contributed by atoms with Crippen LogP contribution in [-0.2, 0) is 4.74 Å². The third-order valence-corrected chi connectivity index (χ3v) is 4.83. The van der Waals surface area contributed by atoms with Crippen LogP contribution >= 0.6 is 12.6 Å². The highest BCUT2D eigenvalue weighted by molar-refractivity contribution is 7.80. The van der Waals surface area contributed by atoms with E-state index in [-0.39, 0.29) is 0 Å². The van der Waals surface area contributed by atoms with Crippen molar-refractivity contribution in [2.75, 3.05) is 38.6 Å². The van der Waals surface area contributed by atoms with Crippen LogP contribution in [0, 0.1) is 5.41 Å². The van der Waals surface area contributed by atoms with E-state index in [4.69, 9.17) is 4.74 Å². The standard InChI is InChI=1S/C13H25NOS/c16-12-13(5-3-1-2-4-6-13)11-14-7-9-15-10-8-14/h16H,1-12H2. The fourth-order valence-electron chi connectivity index (χ4n) is 3.08. The normalized spacial score (nSPS) is 27.6. The lowest BCUT2D eigenvalue weighted by Crippen LogP contribution is -2.44. The van der Waals surface area contributed by atoms with E-state index >= 15 is 0 Å². The molecule has 0 spiro atoms. The summed E-state index contributed by atoms with van der Waals surface area (Å²) in [6.45, 7) is 5.33. The maximum atomic E-state index is 5.42. The molecule has 2 nitrogen and oxygen atoms in total. The molecule has 0 bridgehead atoms.